The van der Waals surface area contributed by atoms with Crippen LogP contribution in [0.4, 0.5) is 5.82 Å². The smallest absolute Gasteiger partial charge is 0.356 e. The topological polar surface area (TPSA) is 233 Å². The maximum Gasteiger partial charge on any atom is 0.356 e. The molecule has 2 aromatic rings. The Bertz CT molecular complexity index is 1820. The molecule has 2 aromatic heterocycles. The molecule has 0 bridgehead atoms. The van der Waals surface area contributed by atoms with E-state index in [0.717, 1.165) is 64.2 Å². The van der Waals surface area contributed by atoms with Gasteiger partial charge in [-0.15, -0.1) is 0 Å². The van der Waals surface area contributed by atoms with Crippen molar-refractivity contribution < 1.29 is 47.6 Å². The van der Waals surface area contributed by atoms with Crippen molar-refractivity contribution in [2.24, 2.45) is 58.0 Å². The lowest BCUT2D eigenvalue weighted by atomic mass is 9.43. The van der Waals surface area contributed by atoms with E-state index in [4.69, 9.17) is 34.7 Å². The van der Waals surface area contributed by atoms with Gasteiger partial charge in [-0.3, -0.25) is 14.2 Å². The number of aliphatic hydroxyl groups is 2. The van der Waals surface area contributed by atoms with Gasteiger partial charge in [0, 0.05) is 25.8 Å². The number of esters is 2. The predicted molar refractivity (Wildman–Crippen MR) is 230 cm³/mol. The Morgan fingerprint density at radius 2 is 1.64 bits per heavy atom. The molecule has 344 valence electrons. The molecule has 0 radical (unpaired) electrons. The first-order valence-corrected chi connectivity index (χ1v) is 24.6. The molecule has 6 N–H and O–H groups in total. The van der Waals surface area contributed by atoms with Crippen LogP contribution in [-0.4, -0.2) is 99.3 Å². The number of carbonyl (C=O) groups excluding carboxylic acids is 2. The Kier molecular flexibility index (Phi) is 16.3. The van der Waals surface area contributed by atoms with Gasteiger partial charge < -0.3 is 49.5 Å². The largest absolute Gasteiger partial charge is 0.466 e. The lowest BCUT2D eigenvalue weighted by Crippen LogP contribution is -2.58. The maximum atomic E-state index is 13.8. The molecule has 16 nitrogen and oxygen atoms in total. The third kappa shape index (κ3) is 11.0. The molecule has 0 aliphatic heterocycles. The van der Waals surface area contributed by atoms with E-state index in [1.807, 2.05) is 13.8 Å². The van der Waals surface area contributed by atoms with Crippen LogP contribution in [-0.2, 0) is 44.0 Å². The van der Waals surface area contributed by atoms with Crippen molar-refractivity contribution in [3.63, 3.8) is 0 Å². The SMILES string of the molecule is CC[C@H](C)[C@@H](N)C(=O)OCCCOP(=O)(COCCn1cnc2c(N)ncnc21)OCCCOC(=O)CC[C@@H](C)[C@H]1CC[C@H]2[C@@H]3[C@@H](O)C[C@@H]4C[C@H](O)CC[C@]4(C)[C@H]3CC[C@]12C. The second-order valence-corrected chi connectivity index (χ2v) is 21.2. The summed E-state index contributed by atoms with van der Waals surface area (Å²) in [5, 5.41) is 22.0. The molecule has 4 fully saturated rings. The van der Waals surface area contributed by atoms with Crippen molar-refractivity contribution in [1.29, 1.82) is 0 Å². The summed E-state index contributed by atoms with van der Waals surface area (Å²) in [6, 6.07) is -0.714. The molecular weight excluding hydrogens is 803 g/mol. The minimum Gasteiger partial charge on any atom is -0.466 e. The number of aromatic nitrogens is 4. The number of nitrogens with two attached hydrogens (primary N) is 2. The molecule has 0 spiro atoms. The van der Waals surface area contributed by atoms with E-state index < -0.39 is 19.6 Å². The van der Waals surface area contributed by atoms with Gasteiger partial charge in [-0.2, -0.15) is 0 Å². The Morgan fingerprint density at radius 1 is 0.934 bits per heavy atom. The highest BCUT2D eigenvalue weighted by Gasteiger charge is 2.62. The molecule has 0 saturated heterocycles. The first kappa shape index (κ1) is 47.8. The molecular formula is C44H73N6O10P. The quantitative estimate of drug-likeness (QED) is 0.0581. The lowest BCUT2D eigenvalue weighted by molar-refractivity contribution is -0.174. The summed E-state index contributed by atoms with van der Waals surface area (Å²) < 4.78 is 43.7. The molecule has 4 aliphatic carbocycles. The molecule has 6 rings (SSSR count). The Labute approximate surface area is 361 Å². The first-order chi connectivity index (χ1) is 29.1. The van der Waals surface area contributed by atoms with E-state index in [0.29, 0.717) is 66.1 Å². The number of ether oxygens (including phenoxy) is 3. The van der Waals surface area contributed by atoms with Gasteiger partial charge in [0.1, 0.15) is 24.2 Å². The Morgan fingerprint density at radius 3 is 2.38 bits per heavy atom. The minimum atomic E-state index is -3.76. The van der Waals surface area contributed by atoms with Gasteiger partial charge in [0.05, 0.1) is 51.6 Å². The molecule has 2 heterocycles. The van der Waals surface area contributed by atoms with Crippen LogP contribution < -0.4 is 11.5 Å². The first-order valence-electron chi connectivity index (χ1n) is 22.9. The number of nitrogens with zero attached hydrogens (tertiary/aromatic N) is 4. The van der Waals surface area contributed by atoms with Crippen LogP contribution in [0.25, 0.3) is 11.2 Å². The van der Waals surface area contributed by atoms with Gasteiger partial charge in [-0.05, 0) is 110 Å². The number of anilines is 1. The summed E-state index contributed by atoms with van der Waals surface area (Å²) >= 11 is 0. The fourth-order valence-corrected chi connectivity index (χ4v) is 13.2. The fraction of sp³-hybridized carbons (Fsp3) is 0.841. The lowest BCUT2D eigenvalue weighted by Gasteiger charge is -2.62. The maximum absolute atomic E-state index is 13.8. The van der Waals surface area contributed by atoms with E-state index in [-0.39, 0.29) is 86.5 Å². The Balaban J connectivity index is 0.930. The third-order valence-corrected chi connectivity index (χ3v) is 17.2. The molecule has 61 heavy (non-hydrogen) atoms. The number of hydrogen-bond donors (Lipinski definition) is 4. The van der Waals surface area contributed by atoms with Crippen LogP contribution in [0, 0.1) is 52.3 Å². The van der Waals surface area contributed by atoms with Gasteiger partial charge in [-0.1, -0.05) is 41.0 Å². The number of rotatable bonds is 22. The predicted octanol–water partition coefficient (Wildman–Crippen LogP) is 6.26. The average molecular weight is 877 g/mol. The summed E-state index contributed by atoms with van der Waals surface area (Å²) in [6.07, 6.45) is 12.6. The fourth-order valence-electron chi connectivity index (χ4n) is 11.8. The highest BCUT2D eigenvalue weighted by Crippen LogP contribution is 2.68. The standard InChI is InChI=1S/C44H73N6O10P/c1-6-28(2)38(45)42(54)58-19-8-21-60-61(55,27-56-22-17-50-26-49-39-40(46)47-25-48-41(39)50)59-20-7-18-57-36(53)12-9-29(3)32-10-11-33-37-34(14-16-44(32,33)5)43(4)15-13-31(51)23-30(43)24-35(37)52/h25-26,28-35,37-38,51-52H,6-24,27,45H2,1-5H3,(H2,46,47,48)/t28-,29+,30-,31+,32+,33-,34-,35-,37-,38+,43-,44+,61?/m0/s1. The number of carbonyl (C=O) groups is 2. The monoisotopic (exact) mass is 877 g/mol. The number of nitrogen functional groups attached to an aromatic ring is 1. The summed E-state index contributed by atoms with van der Waals surface area (Å²) in [4.78, 5) is 37.7. The van der Waals surface area contributed by atoms with Gasteiger partial charge in [-0.25, -0.2) is 15.0 Å². The number of aliphatic hydroxyl groups excluding tert-OH is 2. The molecule has 17 heteroatoms. The number of hydrogen-bond acceptors (Lipinski definition) is 15. The number of imidazole rings is 1. The Hall–Kier alpha value is -2.72. The van der Waals surface area contributed by atoms with Crippen molar-refractivity contribution >= 4 is 36.5 Å². The molecule has 4 saturated carbocycles. The molecule has 0 amide bonds. The molecule has 0 aromatic carbocycles. The van der Waals surface area contributed by atoms with Crippen molar-refractivity contribution in [1.82, 2.24) is 19.5 Å². The van der Waals surface area contributed by atoms with E-state index in [1.165, 1.54) is 6.33 Å². The van der Waals surface area contributed by atoms with E-state index in [1.54, 1.807) is 10.9 Å². The number of fused-ring (bicyclic) bond motifs is 6. The van der Waals surface area contributed by atoms with Crippen LogP contribution >= 0.6 is 7.60 Å². The second-order valence-electron chi connectivity index (χ2n) is 19.2. The summed E-state index contributed by atoms with van der Waals surface area (Å²) in [5.74, 6) is 2.05. The van der Waals surface area contributed by atoms with Crippen LogP contribution in [0.3, 0.4) is 0 Å². The zero-order chi connectivity index (χ0) is 44.0. The zero-order valence-corrected chi connectivity index (χ0v) is 38.0. The zero-order valence-electron chi connectivity index (χ0n) is 37.1. The molecule has 4 aliphatic rings. The minimum absolute atomic E-state index is 0.00449. The van der Waals surface area contributed by atoms with Crippen LogP contribution in [0.5, 0.6) is 0 Å². The summed E-state index contributed by atoms with van der Waals surface area (Å²) in [5.41, 5.74) is 13.2. The third-order valence-electron chi connectivity index (χ3n) is 15.6. The van der Waals surface area contributed by atoms with Gasteiger partial charge in [0.2, 0.25) is 0 Å². The van der Waals surface area contributed by atoms with E-state index >= 15 is 0 Å². The highest BCUT2D eigenvalue weighted by atomic mass is 31.2. The van der Waals surface area contributed by atoms with Crippen molar-refractivity contribution in [3.8, 4) is 0 Å². The highest BCUT2D eigenvalue weighted by molar-refractivity contribution is 7.53. The van der Waals surface area contributed by atoms with Crippen molar-refractivity contribution in [2.45, 2.75) is 143 Å². The van der Waals surface area contributed by atoms with Gasteiger partial charge in [0.15, 0.2) is 11.5 Å². The second kappa shape index (κ2) is 20.9. The van der Waals surface area contributed by atoms with Gasteiger partial charge in [0.25, 0.3) is 0 Å². The summed E-state index contributed by atoms with van der Waals surface area (Å²) in [7, 11) is -3.76. The summed E-state index contributed by atoms with van der Waals surface area (Å²) in [6.45, 7) is 11.7. The van der Waals surface area contributed by atoms with Crippen LogP contribution in [0.1, 0.15) is 118 Å². The van der Waals surface area contributed by atoms with Crippen molar-refractivity contribution in [3.05, 3.63) is 12.7 Å². The van der Waals surface area contributed by atoms with Crippen LogP contribution in [0.2, 0.25) is 0 Å². The van der Waals surface area contributed by atoms with Crippen molar-refractivity contribution in [2.75, 3.05) is 45.1 Å². The van der Waals surface area contributed by atoms with E-state index in [2.05, 4.69) is 35.7 Å². The average Bonchev–Trinajstić information content (AvgIpc) is 3.82. The molecule has 1 unspecified atom stereocenters. The molecule has 13 atom stereocenters. The normalized spacial score (nSPS) is 32.2. The van der Waals surface area contributed by atoms with Crippen LogP contribution in [0.15, 0.2) is 12.7 Å². The van der Waals surface area contributed by atoms with E-state index in [9.17, 15) is 24.4 Å². The van der Waals surface area contributed by atoms with Gasteiger partial charge >= 0.3 is 19.5 Å².